The highest BCUT2D eigenvalue weighted by Gasteiger charge is 2.34. The molecule has 0 heterocycles. The standard InChI is InChI=1S/C13H16F3NO3/c1-12(2,3)20-11(19)17-10-6-4-5-9(8(10)7-18)13(14,15)16/h4-6,18H,7H2,1-3H3,(H,17,19). The molecule has 0 aliphatic heterocycles. The van der Waals surface area contributed by atoms with Crippen molar-refractivity contribution in [2.45, 2.75) is 39.2 Å². The lowest BCUT2D eigenvalue weighted by Gasteiger charge is -2.21. The minimum absolute atomic E-state index is 0.128. The number of carbonyl (C=O) groups excluding carboxylic acids is 1. The number of aliphatic hydroxyl groups is 1. The number of rotatable bonds is 2. The summed E-state index contributed by atoms with van der Waals surface area (Å²) in [5, 5.41) is 11.3. The van der Waals surface area contributed by atoms with Gasteiger partial charge in [-0.05, 0) is 32.9 Å². The van der Waals surface area contributed by atoms with E-state index in [2.05, 4.69) is 5.32 Å². The van der Waals surface area contributed by atoms with Crippen LogP contribution in [0.5, 0.6) is 0 Å². The van der Waals surface area contributed by atoms with E-state index in [0.29, 0.717) is 0 Å². The van der Waals surface area contributed by atoms with Crippen LogP contribution in [0, 0.1) is 0 Å². The number of aliphatic hydroxyl groups excluding tert-OH is 1. The van der Waals surface area contributed by atoms with Crippen LogP contribution >= 0.6 is 0 Å². The second kappa shape index (κ2) is 5.70. The Morgan fingerprint density at radius 2 is 1.90 bits per heavy atom. The van der Waals surface area contributed by atoms with Crippen LogP contribution in [0.2, 0.25) is 0 Å². The molecule has 112 valence electrons. The molecule has 4 nitrogen and oxygen atoms in total. The molecule has 1 aromatic rings. The van der Waals surface area contributed by atoms with Crippen LogP contribution in [0.25, 0.3) is 0 Å². The largest absolute Gasteiger partial charge is 0.444 e. The zero-order valence-electron chi connectivity index (χ0n) is 11.3. The van der Waals surface area contributed by atoms with E-state index in [9.17, 15) is 18.0 Å². The molecule has 0 unspecified atom stereocenters. The summed E-state index contributed by atoms with van der Waals surface area (Å²) in [5.41, 5.74) is -2.29. The zero-order valence-corrected chi connectivity index (χ0v) is 11.3. The lowest BCUT2D eigenvalue weighted by molar-refractivity contribution is -0.138. The molecule has 0 spiro atoms. The fourth-order valence-corrected chi connectivity index (χ4v) is 1.55. The molecule has 7 heteroatoms. The number of hydrogen-bond acceptors (Lipinski definition) is 3. The van der Waals surface area contributed by atoms with Crippen molar-refractivity contribution in [2.24, 2.45) is 0 Å². The summed E-state index contributed by atoms with van der Waals surface area (Å²) in [6.45, 7) is 4.05. The van der Waals surface area contributed by atoms with E-state index in [1.807, 2.05) is 0 Å². The summed E-state index contributed by atoms with van der Waals surface area (Å²) >= 11 is 0. The lowest BCUT2D eigenvalue weighted by Crippen LogP contribution is -2.27. The number of anilines is 1. The van der Waals surface area contributed by atoms with Gasteiger partial charge >= 0.3 is 12.3 Å². The Morgan fingerprint density at radius 1 is 1.30 bits per heavy atom. The SMILES string of the molecule is CC(C)(C)OC(=O)Nc1cccc(C(F)(F)F)c1CO. The Hall–Kier alpha value is -1.76. The fraction of sp³-hybridized carbons (Fsp3) is 0.462. The lowest BCUT2D eigenvalue weighted by atomic mass is 10.1. The predicted octanol–water partition coefficient (Wildman–Crippen LogP) is 3.54. The van der Waals surface area contributed by atoms with Gasteiger partial charge in [0, 0.05) is 5.56 Å². The van der Waals surface area contributed by atoms with Gasteiger partial charge in [0.15, 0.2) is 0 Å². The Labute approximate surface area is 114 Å². The summed E-state index contributed by atoms with van der Waals surface area (Å²) in [6.07, 6.45) is -5.49. The summed E-state index contributed by atoms with van der Waals surface area (Å²) in [5.74, 6) is 0. The van der Waals surface area contributed by atoms with Gasteiger partial charge in [0.25, 0.3) is 0 Å². The third-order valence-corrected chi connectivity index (χ3v) is 2.28. The number of ether oxygens (including phenoxy) is 1. The highest BCUT2D eigenvalue weighted by molar-refractivity contribution is 5.86. The summed E-state index contributed by atoms with van der Waals surface area (Å²) in [7, 11) is 0. The Morgan fingerprint density at radius 3 is 2.35 bits per heavy atom. The number of alkyl halides is 3. The average Bonchev–Trinajstić information content (AvgIpc) is 2.24. The van der Waals surface area contributed by atoms with E-state index >= 15 is 0 Å². The van der Waals surface area contributed by atoms with Gasteiger partial charge in [0.2, 0.25) is 0 Å². The van der Waals surface area contributed by atoms with Crippen molar-refractivity contribution in [3.63, 3.8) is 0 Å². The molecule has 1 amide bonds. The number of nitrogens with one attached hydrogen (secondary N) is 1. The Bertz CT molecular complexity index is 493. The molecule has 0 bridgehead atoms. The first-order valence-electron chi connectivity index (χ1n) is 5.84. The summed E-state index contributed by atoms with van der Waals surface area (Å²) in [6, 6.07) is 3.26. The van der Waals surface area contributed by atoms with Gasteiger partial charge in [-0.15, -0.1) is 0 Å². The van der Waals surface area contributed by atoms with Gasteiger partial charge in [-0.25, -0.2) is 4.79 Å². The van der Waals surface area contributed by atoms with Gasteiger partial charge in [0.1, 0.15) is 5.60 Å². The van der Waals surface area contributed by atoms with E-state index in [0.717, 1.165) is 12.1 Å². The molecule has 0 atom stereocenters. The van der Waals surface area contributed by atoms with E-state index in [1.54, 1.807) is 20.8 Å². The minimum Gasteiger partial charge on any atom is -0.444 e. The molecule has 0 saturated carbocycles. The second-order valence-corrected chi connectivity index (χ2v) is 5.11. The van der Waals surface area contributed by atoms with E-state index in [-0.39, 0.29) is 5.69 Å². The monoisotopic (exact) mass is 291 g/mol. The minimum atomic E-state index is -4.61. The molecule has 0 aromatic heterocycles. The van der Waals surface area contributed by atoms with Gasteiger partial charge in [-0.1, -0.05) is 6.07 Å². The average molecular weight is 291 g/mol. The number of benzene rings is 1. The molecule has 0 aliphatic rings. The molecular formula is C13H16F3NO3. The molecule has 0 aliphatic carbocycles. The molecule has 1 rings (SSSR count). The number of hydrogen-bond donors (Lipinski definition) is 2. The highest BCUT2D eigenvalue weighted by Crippen LogP contribution is 2.35. The van der Waals surface area contributed by atoms with Crippen molar-refractivity contribution < 1.29 is 27.8 Å². The topological polar surface area (TPSA) is 58.6 Å². The summed E-state index contributed by atoms with van der Waals surface area (Å²) < 4.78 is 43.3. The van der Waals surface area contributed by atoms with Gasteiger partial charge in [0.05, 0.1) is 17.9 Å². The quantitative estimate of drug-likeness (QED) is 0.876. The fourth-order valence-electron chi connectivity index (χ4n) is 1.55. The van der Waals surface area contributed by atoms with Crippen molar-refractivity contribution in [3.05, 3.63) is 29.3 Å². The molecule has 0 saturated heterocycles. The van der Waals surface area contributed by atoms with Crippen LogP contribution in [-0.2, 0) is 17.5 Å². The molecule has 20 heavy (non-hydrogen) atoms. The van der Waals surface area contributed by atoms with E-state index < -0.39 is 35.6 Å². The molecule has 0 fully saturated rings. The third kappa shape index (κ3) is 4.41. The highest BCUT2D eigenvalue weighted by atomic mass is 19.4. The maximum Gasteiger partial charge on any atom is 0.416 e. The van der Waals surface area contributed by atoms with Crippen molar-refractivity contribution in [3.8, 4) is 0 Å². The molecule has 2 N–H and O–H groups in total. The smallest absolute Gasteiger partial charge is 0.416 e. The van der Waals surface area contributed by atoms with Gasteiger partial charge in [-0.2, -0.15) is 13.2 Å². The van der Waals surface area contributed by atoms with Crippen LogP contribution in [0.1, 0.15) is 31.9 Å². The van der Waals surface area contributed by atoms with Gasteiger partial charge in [-0.3, -0.25) is 5.32 Å². The first kappa shape index (κ1) is 16.3. The normalized spacial score (nSPS) is 12.2. The van der Waals surface area contributed by atoms with Crippen LogP contribution in [0.3, 0.4) is 0 Å². The van der Waals surface area contributed by atoms with Crippen molar-refractivity contribution in [2.75, 3.05) is 5.32 Å². The first-order valence-corrected chi connectivity index (χ1v) is 5.84. The summed E-state index contributed by atoms with van der Waals surface area (Å²) in [4.78, 5) is 11.6. The Balaban J connectivity index is 3.05. The van der Waals surface area contributed by atoms with Crippen LogP contribution in [-0.4, -0.2) is 16.8 Å². The van der Waals surface area contributed by atoms with Crippen LogP contribution < -0.4 is 5.32 Å². The Kier molecular flexibility index (Phi) is 4.65. The maximum absolute atomic E-state index is 12.8. The number of amides is 1. The first-order chi connectivity index (χ1) is 9.04. The van der Waals surface area contributed by atoms with Crippen molar-refractivity contribution in [1.29, 1.82) is 0 Å². The number of carbonyl (C=O) groups is 1. The van der Waals surface area contributed by atoms with Crippen LogP contribution in [0.15, 0.2) is 18.2 Å². The maximum atomic E-state index is 12.8. The second-order valence-electron chi connectivity index (χ2n) is 5.11. The van der Waals surface area contributed by atoms with Crippen molar-refractivity contribution >= 4 is 11.8 Å². The van der Waals surface area contributed by atoms with Gasteiger partial charge < -0.3 is 9.84 Å². The van der Waals surface area contributed by atoms with Crippen molar-refractivity contribution in [1.82, 2.24) is 0 Å². The molecule has 0 radical (unpaired) electrons. The predicted molar refractivity (Wildman–Crippen MR) is 67.2 cm³/mol. The molecule has 1 aromatic carbocycles. The molecular weight excluding hydrogens is 275 g/mol. The third-order valence-electron chi connectivity index (χ3n) is 2.28. The number of halogens is 3. The van der Waals surface area contributed by atoms with E-state index in [1.165, 1.54) is 6.07 Å². The van der Waals surface area contributed by atoms with E-state index in [4.69, 9.17) is 9.84 Å². The zero-order chi connectivity index (χ0) is 15.6. The van der Waals surface area contributed by atoms with Crippen LogP contribution in [0.4, 0.5) is 23.7 Å².